The van der Waals surface area contributed by atoms with Crippen LogP contribution in [0, 0.1) is 31.6 Å². The topological polar surface area (TPSA) is 12.0 Å². The summed E-state index contributed by atoms with van der Waals surface area (Å²) in [6.45, 7) is 13.8. The molecule has 0 saturated heterocycles. The highest BCUT2D eigenvalue weighted by atomic mass is 14.8. The Morgan fingerprint density at radius 3 is 2.62 bits per heavy atom. The summed E-state index contributed by atoms with van der Waals surface area (Å²) >= 11 is 0. The second-order valence-electron chi connectivity index (χ2n) is 7.35. The minimum absolute atomic E-state index is 0.741. The van der Waals surface area contributed by atoms with Crippen LogP contribution in [0.5, 0.6) is 0 Å². The molecule has 0 aromatic heterocycles. The van der Waals surface area contributed by atoms with Crippen molar-refractivity contribution in [3.63, 3.8) is 0 Å². The second-order valence-corrected chi connectivity index (χ2v) is 7.35. The lowest BCUT2D eigenvalue weighted by Gasteiger charge is -2.39. The molecule has 0 bridgehead atoms. The van der Waals surface area contributed by atoms with Crippen LogP contribution in [0.15, 0.2) is 18.2 Å². The van der Waals surface area contributed by atoms with E-state index in [1.807, 2.05) is 0 Å². The van der Waals surface area contributed by atoms with E-state index in [-0.39, 0.29) is 0 Å². The zero-order valence-electron chi connectivity index (χ0n) is 14.6. The third kappa shape index (κ3) is 4.10. The minimum Gasteiger partial charge on any atom is -0.317 e. The molecule has 118 valence electrons. The largest absolute Gasteiger partial charge is 0.317 e. The Hall–Kier alpha value is -0.820. The first-order valence-electron chi connectivity index (χ1n) is 8.80. The quantitative estimate of drug-likeness (QED) is 0.797. The van der Waals surface area contributed by atoms with Gasteiger partial charge in [0.15, 0.2) is 0 Å². The summed E-state index contributed by atoms with van der Waals surface area (Å²) < 4.78 is 0. The Kier molecular flexibility index (Phi) is 5.87. The lowest BCUT2D eigenvalue weighted by molar-refractivity contribution is 0.190. The van der Waals surface area contributed by atoms with Gasteiger partial charge in [0.1, 0.15) is 0 Å². The molecular weight excluding hydrogens is 254 g/mol. The maximum absolute atomic E-state index is 3.60. The first kappa shape index (κ1) is 16.5. The molecule has 2 rings (SSSR count). The van der Waals surface area contributed by atoms with Crippen LogP contribution in [-0.4, -0.2) is 13.1 Å². The lowest BCUT2D eigenvalue weighted by atomic mass is 9.67. The van der Waals surface area contributed by atoms with Crippen LogP contribution in [0.1, 0.15) is 62.6 Å². The average Bonchev–Trinajstić information content (AvgIpc) is 2.47. The minimum atomic E-state index is 0.741. The van der Waals surface area contributed by atoms with Crippen molar-refractivity contribution in [3.8, 4) is 0 Å². The number of hydrogen-bond acceptors (Lipinski definition) is 1. The molecule has 0 heterocycles. The SMILES string of the molecule is CCNCC1CCC(C(C)C)CC1c1cc(C)ccc1C. The van der Waals surface area contributed by atoms with Gasteiger partial charge in [0.05, 0.1) is 0 Å². The predicted molar refractivity (Wildman–Crippen MR) is 92.9 cm³/mol. The number of hydrogen-bond donors (Lipinski definition) is 1. The summed E-state index contributed by atoms with van der Waals surface area (Å²) in [5, 5.41) is 3.60. The Labute approximate surface area is 131 Å². The highest BCUT2D eigenvalue weighted by Crippen LogP contribution is 2.44. The molecule has 1 aromatic rings. The molecule has 0 radical (unpaired) electrons. The van der Waals surface area contributed by atoms with Crippen LogP contribution < -0.4 is 5.32 Å². The van der Waals surface area contributed by atoms with Crippen LogP contribution in [-0.2, 0) is 0 Å². The molecular formula is C20H33N. The molecule has 1 fully saturated rings. The molecule has 21 heavy (non-hydrogen) atoms. The summed E-state index contributed by atoms with van der Waals surface area (Å²) in [7, 11) is 0. The molecule has 1 N–H and O–H groups in total. The van der Waals surface area contributed by atoms with Crippen LogP contribution >= 0.6 is 0 Å². The maximum Gasteiger partial charge on any atom is -0.00148 e. The molecule has 0 amide bonds. The molecule has 1 aliphatic rings. The summed E-state index contributed by atoms with van der Waals surface area (Å²) in [5.41, 5.74) is 4.50. The van der Waals surface area contributed by atoms with Crippen molar-refractivity contribution in [1.29, 1.82) is 0 Å². The number of nitrogens with one attached hydrogen (secondary N) is 1. The van der Waals surface area contributed by atoms with Crippen LogP contribution in [0.2, 0.25) is 0 Å². The second kappa shape index (κ2) is 7.45. The van der Waals surface area contributed by atoms with Gasteiger partial charge in [-0.2, -0.15) is 0 Å². The fourth-order valence-corrected chi connectivity index (χ4v) is 3.99. The molecule has 1 nitrogen and oxygen atoms in total. The van der Waals surface area contributed by atoms with E-state index < -0.39 is 0 Å². The highest BCUT2D eigenvalue weighted by molar-refractivity contribution is 5.34. The van der Waals surface area contributed by atoms with Gasteiger partial charge in [-0.3, -0.25) is 0 Å². The van der Waals surface area contributed by atoms with E-state index in [9.17, 15) is 0 Å². The van der Waals surface area contributed by atoms with Gasteiger partial charge in [0.25, 0.3) is 0 Å². The molecule has 0 spiro atoms. The zero-order chi connectivity index (χ0) is 15.4. The van der Waals surface area contributed by atoms with E-state index in [4.69, 9.17) is 0 Å². The first-order valence-corrected chi connectivity index (χ1v) is 8.80. The Bertz CT molecular complexity index is 449. The van der Waals surface area contributed by atoms with Crippen molar-refractivity contribution < 1.29 is 0 Å². The van der Waals surface area contributed by atoms with Crippen molar-refractivity contribution in [1.82, 2.24) is 5.32 Å². The number of benzene rings is 1. The summed E-state index contributed by atoms with van der Waals surface area (Å²) in [6.07, 6.45) is 4.17. The monoisotopic (exact) mass is 287 g/mol. The van der Waals surface area contributed by atoms with Crippen molar-refractivity contribution in [2.45, 2.75) is 59.8 Å². The van der Waals surface area contributed by atoms with Crippen LogP contribution in [0.25, 0.3) is 0 Å². The van der Waals surface area contributed by atoms with E-state index in [1.165, 1.54) is 36.9 Å². The van der Waals surface area contributed by atoms with Gasteiger partial charge in [-0.25, -0.2) is 0 Å². The maximum atomic E-state index is 3.60. The fourth-order valence-electron chi connectivity index (χ4n) is 3.99. The Morgan fingerprint density at radius 2 is 1.95 bits per heavy atom. The average molecular weight is 287 g/mol. The van der Waals surface area contributed by atoms with Crippen LogP contribution in [0.4, 0.5) is 0 Å². The predicted octanol–water partition coefficient (Wildman–Crippen LogP) is 5.07. The summed E-state index contributed by atoms with van der Waals surface area (Å²) in [4.78, 5) is 0. The third-order valence-electron chi connectivity index (χ3n) is 5.47. The highest BCUT2D eigenvalue weighted by Gasteiger charge is 2.33. The van der Waals surface area contributed by atoms with Crippen molar-refractivity contribution in [2.75, 3.05) is 13.1 Å². The molecule has 1 saturated carbocycles. The van der Waals surface area contributed by atoms with Gasteiger partial charge < -0.3 is 5.32 Å². The lowest BCUT2D eigenvalue weighted by Crippen LogP contribution is -2.33. The van der Waals surface area contributed by atoms with E-state index in [0.717, 1.165) is 30.2 Å². The van der Waals surface area contributed by atoms with Gasteiger partial charge in [-0.1, -0.05) is 44.5 Å². The van der Waals surface area contributed by atoms with Gasteiger partial charge in [0, 0.05) is 0 Å². The van der Waals surface area contributed by atoms with Gasteiger partial charge in [-0.15, -0.1) is 0 Å². The Morgan fingerprint density at radius 1 is 1.19 bits per heavy atom. The van der Waals surface area contributed by atoms with Crippen LogP contribution in [0.3, 0.4) is 0 Å². The van der Waals surface area contributed by atoms with E-state index in [1.54, 1.807) is 5.56 Å². The van der Waals surface area contributed by atoms with Crippen molar-refractivity contribution in [2.24, 2.45) is 17.8 Å². The van der Waals surface area contributed by atoms with Gasteiger partial charge in [-0.05, 0) is 81.0 Å². The van der Waals surface area contributed by atoms with Crippen molar-refractivity contribution >= 4 is 0 Å². The molecule has 1 heteroatoms. The zero-order valence-corrected chi connectivity index (χ0v) is 14.6. The van der Waals surface area contributed by atoms with Crippen molar-refractivity contribution in [3.05, 3.63) is 34.9 Å². The molecule has 3 unspecified atom stereocenters. The summed E-state index contributed by atoms with van der Waals surface area (Å²) in [5.74, 6) is 3.26. The number of aryl methyl sites for hydroxylation is 2. The fraction of sp³-hybridized carbons (Fsp3) is 0.700. The van der Waals surface area contributed by atoms with E-state index >= 15 is 0 Å². The summed E-state index contributed by atoms with van der Waals surface area (Å²) in [6, 6.07) is 7.01. The standard InChI is InChI=1S/C20H33N/c1-6-21-13-18-10-9-17(14(2)3)12-20(18)19-11-15(4)7-8-16(19)5/h7-8,11,14,17-18,20-21H,6,9-10,12-13H2,1-5H3. The Balaban J connectivity index is 2.25. The molecule has 3 atom stereocenters. The smallest absolute Gasteiger partial charge is 0.00148 e. The first-order chi connectivity index (χ1) is 10.0. The molecule has 1 aliphatic carbocycles. The van der Waals surface area contributed by atoms with Gasteiger partial charge >= 0.3 is 0 Å². The van der Waals surface area contributed by atoms with E-state index in [2.05, 4.69) is 58.1 Å². The van der Waals surface area contributed by atoms with E-state index in [0.29, 0.717) is 0 Å². The molecule has 0 aliphatic heterocycles. The third-order valence-corrected chi connectivity index (χ3v) is 5.47. The number of rotatable bonds is 5. The normalized spacial score (nSPS) is 26.3. The van der Waals surface area contributed by atoms with Gasteiger partial charge in [0.2, 0.25) is 0 Å². The molecule has 1 aromatic carbocycles.